The van der Waals surface area contributed by atoms with Crippen LogP contribution in [0.25, 0.3) is 66.1 Å². The Balaban J connectivity index is 1.55. The highest BCUT2D eigenvalue weighted by atomic mass is 14.2. The minimum Gasteiger partial charge on any atom is -0.0622 e. The predicted octanol–water partition coefficient (Wildman–Crippen LogP) is 10.7. The van der Waals surface area contributed by atoms with Gasteiger partial charge in [0.05, 0.1) is 0 Å². The lowest BCUT2D eigenvalue weighted by Crippen LogP contribution is -1.92. The Kier molecular flexibility index (Phi) is 5.57. The van der Waals surface area contributed by atoms with E-state index in [9.17, 15) is 0 Å². The normalized spacial score (nSPS) is 11.2. The fraction of sp³-hybridized carbons (Fsp3) is 0. The smallest absolute Gasteiger partial charge is 0.00261 e. The number of benzene rings is 7. The highest BCUT2D eigenvalue weighted by Gasteiger charge is 2.17. The van der Waals surface area contributed by atoms with Crippen molar-refractivity contribution in [3.63, 3.8) is 0 Å². The van der Waals surface area contributed by atoms with Crippen molar-refractivity contribution in [1.82, 2.24) is 0 Å². The molecule has 0 spiro atoms. The number of rotatable bonds is 4. The Morgan fingerprint density at radius 3 is 1.13 bits per heavy atom. The summed E-state index contributed by atoms with van der Waals surface area (Å²) in [7, 11) is 0. The van der Waals surface area contributed by atoms with E-state index in [4.69, 9.17) is 0 Å². The molecule has 0 radical (unpaired) electrons. The monoisotopic (exact) mass is 482 g/mol. The molecule has 0 nitrogen and oxygen atoms in total. The maximum Gasteiger partial charge on any atom is -0.00261 e. The molecule has 178 valence electrons. The van der Waals surface area contributed by atoms with E-state index in [1.807, 2.05) is 0 Å². The maximum absolute atomic E-state index is 2.38. The molecule has 0 fully saturated rings. The van der Waals surface area contributed by atoms with Crippen LogP contribution in [0, 0.1) is 0 Å². The minimum atomic E-state index is 1.23. The maximum atomic E-state index is 2.38. The molecule has 0 unspecified atom stereocenters. The van der Waals surface area contributed by atoms with Gasteiger partial charge in [-0.1, -0.05) is 152 Å². The first-order valence-corrected chi connectivity index (χ1v) is 13.1. The highest BCUT2D eigenvalue weighted by Crippen LogP contribution is 2.45. The Morgan fingerprint density at radius 2 is 0.553 bits per heavy atom. The Morgan fingerprint density at radius 1 is 0.211 bits per heavy atom. The summed E-state index contributed by atoms with van der Waals surface area (Å²) in [6.07, 6.45) is 0. The number of hydrogen-bond acceptors (Lipinski definition) is 0. The standard InChI is InChI=1S/C38H26/c1-4-12-27(13-5-1)29-20-22-31(23-21-29)38-34-19-11-10-18-33(34)37(30-16-8-3-9-17-30)35-25-24-32(26-36(35)38)28-14-6-2-7-15-28/h1-26H. The molecule has 7 rings (SSSR count). The van der Waals surface area contributed by atoms with Crippen molar-refractivity contribution >= 4 is 21.5 Å². The van der Waals surface area contributed by atoms with Crippen LogP contribution in [-0.4, -0.2) is 0 Å². The van der Waals surface area contributed by atoms with Crippen molar-refractivity contribution in [3.05, 3.63) is 158 Å². The van der Waals surface area contributed by atoms with Gasteiger partial charge in [0.2, 0.25) is 0 Å². The largest absolute Gasteiger partial charge is 0.0622 e. The van der Waals surface area contributed by atoms with Gasteiger partial charge in [-0.25, -0.2) is 0 Å². The van der Waals surface area contributed by atoms with Gasteiger partial charge in [0, 0.05) is 0 Å². The van der Waals surface area contributed by atoms with Crippen LogP contribution in [0.4, 0.5) is 0 Å². The van der Waals surface area contributed by atoms with Crippen molar-refractivity contribution in [2.45, 2.75) is 0 Å². The van der Waals surface area contributed by atoms with Gasteiger partial charge in [-0.05, 0) is 72.1 Å². The number of hydrogen-bond donors (Lipinski definition) is 0. The fourth-order valence-corrected chi connectivity index (χ4v) is 5.68. The fourth-order valence-electron chi connectivity index (χ4n) is 5.68. The van der Waals surface area contributed by atoms with Crippen LogP contribution in [0.15, 0.2) is 158 Å². The summed E-state index contributed by atoms with van der Waals surface area (Å²) in [5.41, 5.74) is 9.98. The third-order valence-electron chi connectivity index (χ3n) is 7.47. The van der Waals surface area contributed by atoms with Gasteiger partial charge in [-0.3, -0.25) is 0 Å². The molecule has 0 heteroatoms. The molecule has 0 bridgehead atoms. The third-order valence-corrected chi connectivity index (χ3v) is 7.47. The first-order chi connectivity index (χ1) is 18.9. The summed E-state index contributed by atoms with van der Waals surface area (Å²) in [6.45, 7) is 0. The lowest BCUT2D eigenvalue weighted by atomic mass is 9.84. The van der Waals surface area contributed by atoms with E-state index in [1.165, 1.54) is 66.1 Å². The quantitative estimate of drug-likeness (QED) is 0.219. The highest BCUT2D eigenvalue weighted by molar-refractivity contribution is 6.22. The zero-order valence-electron chi connectivity index (χ0n) is 21.0. The molecular formula is C38H26. The zero-order valence-corrected chi connectivity index (χ0v) is 21.0. The van der Waals surface area contributed by atoms with Gasteiger partial charge in [0.15, 0.2) is 0 Å². The van der Waals surface area contributed by atoms with Crippen LogP contribution in [0.1, 0.15) is 0 Å². The van der Waals surface area contributed by atoms with Crippen LogP contribution < -0.4 is 0 Å². The topological polar surface area (TPSA) is 0 Å². The summed E-state index contributed by atoms with van der Waals surface area (Å²) in [5.74, 6) is 0. The minimum absolute atomic E-state index is 1.23. The van der Waals surface area contributed by atoms with Crippen LogP contribution >= 0.6 is 0 Å². The Hall–Kier alpha value is -4.94. The molecular weight excluding hydrogens is 456 g/mol. The second kappa shape index (κ2) is 9.50. The molecule has 0 saturated carbocycles. The molecule has 0 aliphatic heterocycles. The second-order valence-corrected chi connectivity index (χ2v) is 9.73. The van der Waals surface area contributed by atoms with Crippen molar-refractivity contribution < 1.29 is 0 Å². The first-order valence-electron chi connectivity index (χ1n) is 13.1. The lowest BCUT2D eigenvalue weighted by Gasteiger charge is -2.19. The molecule has 0 atom stereocenters. The van der Waals surface area contributed by atoms with E-state index >= 15 is 0 Å². The van der Waals surface area contributed by atoms with E-state index in [0.29, 0.717) is 0 Å². The molecule has 0 N–H and O–H groups in total. The average molecular weight is 483 g/mol. The summed E-state index contributed by atoms with van der Waals surface area (Å²) >= 11 is 0. The van der Waals surface area contributed by atoms with E-state index in [0.717, 1.165) is 0 Å². The third kappa shape index (κ3) is 3.88. The predicted molar refractivity (Wildman–Crippen MR) is 163 cm³/mol. The second-order valence-electron chi connectivity index (χ2n) is 9.73. The van der Waals surface area contributed by atoms with Crippen molar-refractivity contribution in [2.24, 2.45) is 0 Å². The zero-order chi connectivity index (χ0) is 25.3. The molecule has 0 heterocycles. The molecule has 0 aromatic heterocycles. The van der Waals surface area contributed by atoms with E-state index in [2.05, 4.69) is 158 Å². The van der Waals surface area contributed by atoms with E-state index in [-0.39, 0.29) is 0 Å². The first kappa shape index (κ1) is 22.3. The van der Waals surface area contributed by atoms with Crippen LogP contribution in [0.2, 0.25) is 0 Å². The van der Waals surface area contributed by atoms with Crippen LogP contribution in [-0.2, 0) is 0 Å². The van der Waals surface area contributed by atoms with Gasteiger partial charge in [-0.15, -0.1) is 0 Å². The van der Waals surface area contributed by atoms with Crippen LogP contribution in [0.5, 0.6) is 0 Å². The van der Waals surface area contributed by atoms with Gasteiger partial charge in [-0.2, -0.15) is 0 Å². The van der Waals surface area contributed by atoms with E-state index in [1.54, 1.807) is 0 Å². The molecule has 0 aliphatic rings. The Labute approximate surface area is 223 Å². The van der Waals surface area contributed by atoms with Crippen LogP contribution in [0.3, 0.4) is 0 Å². The van der Waals surface area contributed by atoms with Crippen molar-refractivity contribution in [2.75, 3.05) is 0 Å². The summed E-state index contributed by atoms with van der Waals surface area (Å²) in [6, 6.07) is 56.9. The van der Waals surface area contributed by atoms with Crippen molar-refractivity contribution in [1.29, 1.82) is 0 Å². The van der Waals surface area contributed by atoms with Gasteiger partial charge in [0.25, 0.3) is 0 Å². The lowest BCUT2D eigenvalue weighted by molar-refractivity contribution is 1.60. The van der Waals surface area contributed by atoms with Crippen molar-refractivity contribution in [3.8, 4) is 44.5 Å². The summed E-state index contributed by atoms with van der Waals surface area (Å²) in [4.78, 5) is 0. The van der Waals surface area contributed by atoms with Gasteiger partial charge < -0.3 is 0 Å². The Bertz CT molecular complexity index is 1870. The molecule has 0 amide bonds. The van der Waals surface area contributed by atoms with E-state index < -0.39 is 0 Å². The van der Waals surface area contributed by atoms with Gasteiger partial charge in [0.1, 0.15) is 0 Å². The SMILES string of the molecule is c1ccc(-c2ccc(-c3c4ccccc4c(-c4ccccc4)c4ccc(-c5ccccc5)cc34)cc2)cc1. The molecule has 0 aliphatic carbocycles. The number of fused-ring (bicyclic) bond motifs is 2. The molecule has 7 aromatic rings. The average Bonchev–Trinajstić information content (AvgIpc) is 3.01. The summed E-state index contributed by atoms with van der Waals surface area (Å²) in [5, 5.41) is 5.10. The summed E-state index contributed by atoms with van der Waals surface area (Å²) < 4.78 is 0. The molecule has 7 aromatic carbocycles. The van der Waals surface area contributed by atoms with Gasteiger partial charge >= 0.3 is 0 Å². The molecule has 0 saturated heterocycles. The molecule has 38 heavy (non-hydrogen) atoms.